The molecule has 0 heterocycles. The third-order valence-corrected chi connectivity index (χ3v) is 4.21. The van der Waals surface area contributed by atoms with Crippen LogP contribution in [0.4, 0.5) is 0 Å². The van der Waals surface area contributed by atoms with E-state index in [1.165, 1.54) is 83.5 Å². The molecular formula is C19H41NO2. The standard InChI is InChI=1S/C19H41NO2/c1-2-3-4-5-6-7-8-9-10-11-12-13-14-15-16-22-18-19(20)17-21/h19,21H,2-18,20H2,1H3/t19-/m0/s1. The Morgan fingerprint density at radius 2 is 1.14 bits per heavy atom. The molecule has 0 fully saturated rings. The first-order valence-corrected chi connectivity index (χ1v) is 9.75. The van der Waals surface area contributed by atoms with Crippen LogP contribution < -0.4 is 5.73 Å². The molecule has 0 aliphatic carbocycles. The predicted octanol–water partition coefficient (Wildman–Crippen LogP) is 4.80. The van der Waals surface area contributed by atoms with Crippen molar-refractivity contribution in [2.24, 2.45) is 5.73 Å². The zero-order valence-electron chi connectivity index (χ0n) is 15.0. The Kier molecular flexibility index (Phi) is 18.8. The summed E-state index contributed by atoms with van der Waals surface area (Å²) >= 11 is 0. The molecule has 0 amide bonds. The van der Waals surface area contributed by atoms with Crippen molar-refractivity contribution in [3.63, 3.8) is 0 Å². The molecule has 0 saturated heterocycles. The van der Waals surface area contributed by atoms with Gasteiger partial charge in [0.25, 0.3) is 0 Å². The van der Waals surface area contributed by atoms with Crippen LogP contribution in [-0.4, -0.2) is 31.0 Å². The number of unbranched alkanes of at least 4 members (excludes halogenated alkanes) is 13. The molecule has 0 saturated carbocycles. The molecule has 3 heteroatoms. The highest BCUT2D eigenvalue weighted by atomic mass is 16.5. The van der Waals surface area contributed by atoms with Crippen LogP contribution in [0.2, 0.25) is 0 Å². The zero-order valence-corrected chi connectivity index (χ0v) is 15.0. The van der Waals surface area contributed by atoms with Gasteiger partial charge in [0.15, 0.2) is 0 Å². The van der Waals surface area contributed by atoms with E-state index in [1.54, 1.807) is 0 Å². The van der Waals surface area contributed by atoms with Crippen molar-refractivity contribution in [1.82, 2.24) is 0 Å². The number of hydrogen-bond acceptors (Lipinski definition) is 3. The van der Waals surface area contributed by atoms with Gasteiger partial charge in [0, 0.05) is 6.61 Å². The Morgan fingerprint density at radius 3 is 1.55 bits per heavy atom. The molecule has 134 valence electrons. The minimum atomic E-state index is -0.216. The first-order chi connectivity index (χ1) is 10.8. The highest BCUT2D eigenvalue weighted by molar-refractivity contribution is 4.55. The van der Waals surface area contributed by atoms with Crippen LogP contribution in [-0.2, 0) is 4.74 Å². The van der Waals surface area contributed by atoms with Gasteiger partial charge < -0.3 is 15.6 Å². The van der Waals surface area contributed by atoms with E-state index in [2.05, 4.69) is 6.92 Å². The molecule has 0 aromatic carbocycles. The molecule has 0 aliphatic heterocycles. The second kappa shape index (κ2) is 18.9. The summed E-state index contributed by atoms with van der Waals surface area (Å²) in [6, 6.07) is -0.216. The Labute approximate surface area is 139 Å². The minimum absolute atomic E-state index is 0.0126. The molecule has 0 aliphatic rings. The van der Waals surface area contributed by atoms with Crippen molar-refractivity contribution in [2.45, 2.75) is 103 Å². The quantitative estimate of drug-likeness (QED) is 0.357. The Balaban J connectivity index is 2.97. The van der Waals surface area contributed by atoms with Crippen molar-refractivity contribution >= 4 is 0 Å². The molecule has 0 spiro atoms. The van der Waals surface area contributed by atoms with Gasteiger partial charge in [-0.25, -0.2) is 0 Å². The number of rotatable bonds is 18. The Bertz CT molecular complexity index is 200. The van der Waals surface area contributed by atoms with Gasteiger partial charge in [-0.2, -0.15) is 0 Å². The molecule has 1 atom stereocenters. The predicted molar refractivity (Wildman–Crippen MR) is 96.2 cm³/mol. The van der Waals surface area contributed by atoms with E-state index in [9.17, 15) is 0 Å². The summed E-state index contributed by atoms with van der Waals surface area (Å²) in [7, 11) is 0. The maximum atomic E-state index is 8.76. The van der Waals surface area contributed by atoms with Gasteiger partial charge in [-0.05, 0) is 6.42 Å². The largest absolute Gasteiger partial charge is 0.395 e. The summed E-state index contributed by atoms with van der Waals surface area (Å²) in [6.07, 6.45) is 19.3. The summed E-state index contributed by atoms with van der Waals surface area (Å²) in [6.45, 7) is 3.55. The average molecular weight is 316 g/mol. The third kappa shape index (κ3) is 17.9. The number of aliphatic hydroxyl groups excluding tert-OH is 1. The lowest BCUT2D eigenvalue weighted by atomic mass is 10.0. The number of hydrogen-bond donors (Lipinski definition) is 2. The van der Waals surface area contributed by atoms with Crippen molar-refractivity contribution in [2.75, 3.05) is 19.8 Å². The molecule has 3 nitrogen and oxygen atoms in total. The first-order valence-electron chi connectivity index (χ1n) is 9.75. The van der Waals surface area contributed by atoms with Crippen LogP contribution in [0.15, 0.2) is 0 Å². The van der Waals surface area contributed by atoms with E-state index in [0.717, 1.165) is 13.0 Å². The fourth-order valence-corrected chi connectivity index (χ4v) is 2.69. The van der Waals surface area contributed by atoms with Gasteiger partial charge in [-0.15, -0.1) is 0 Å². The third-order valence-electron chi connectivity index (χ3n) is 4.21. The van der Waals surface area contributed by atoms with E-state index in [1.807, 2.05) is 0 Å². The lowest BCUT2D eigenvalue weighted by molar-refractivity contribution is 0.0980. The fraction of sp³-hybridized carbons (Fsp3) is 1.00. The van der Waals surface area contributed by atoms with Gasteiger partial charge in [0.05, 0.1) is 19.3 Å². The van der Waals surface area contributed by atoms with Gasteiger partial charge in [0.2, 0.25) is 0 Å². The highest BCUT2D eigenvalue weighted by Gasteiger charge is 1.99. The number of nitrogens with two attached hydrogens (primary N) is 1. The molecule has 0 aromatic heterocycles. The average Bonchev–Trinajstić information content (AvgIpc) is 2.54. The van der Waals surface area contributed by atoms with E-state index in [-0.39, 0.29) is 12.6 Å². The lowest BCUT2D eigenvalue weighted by Gasteiger charge is -2.08. The normalized spacial score (nSPS) is 12.7. The number of aliphatic hydroxyl groups is 1. The smallest absolute Gasteiger partial charge is 0.0639 e. The first kappa shape index (κ1) is 21.9. The van der Waals surface area contributed by atoms with Gasteiger partial charge in [-0.3, -0.25) is 0 Å². The van der Waals surface area contributed by atoms with E-state index in [4.69, 9.17) is 15.6 Å². The van der Waals surface area contributed by atoms with Gasteiger partial charge in [0.1, 0.15) is 0 Å². The summed E-state index contributed by atoms with van der Waals surface area (Å²) in [5, 5.41) is 8.76. The van der Waals surface area contributed by atoms with Crippen LogP contribution in [0.5, 0.6) is 0 Å². The molecule has 0 bridgehead atoms. The monoisotopic (exact) mass is 315 g/mol. The fourth-order valence-electron chi connectivity index (χ4n) is 2.69. The molecule has 0 aromatic rings. The van der Waals surface area contributed by atoms with E-state index >= 15 is 0 Å². The highest BCUT2D eigenvalue weighted by Crippen LogP contribution is 2.12. The molecular weight excluding hydrogens is 274 g/mol. The molecule has 0 unspecified atom stereocenters. The van der Waals surface area contributed by atoms with Gasteiger partial charge in [-0.1, -0.05) is 90.4 Å². The molecule has 0 rings (SSSR count). The van der Waals surface area contributed by atoms with Crippen molar-refractivity contribution in [3.8, 4) is 0 Å². The molecule has 3 N–H and O–H groups in total. The number of ether oxygens (including phenoxy) is 1. The van der Waals surface area contributed by atoms with Crippen molar-refractivity contribution in [3.05, 3.63) is 0 Å². The van der Waals surface area contributed by atoms with Crippen LogP contribution in [0.25, 0.3) is 0 Å². The topological polar surface area (TPSA) is 55.5 Å². The zero-order chi connectivity index (χ0) is 16.3. The van der Waals surface area contributed by atoms with Gasteiger partial charge >= 0.3 is 0 Å². The minimum Gasteiger partial charge on any atom is -0.395 e. The summed E-state index contributed by atoms with van der Waals surface area (Å²) in [4.78, 5) is 0. The van der Waals surface area contributed by atoms with Crippen LogP contribution in [0.1, 0.15) is 96.8 Å². The van der Waals surface area contributed by atoms with Crippen LogP contribution in [0, 0.1) is 0 Å². The molecule has 22 heavy (non-hydrogen) atoms. The van der Waals surface area contributed by atoms with Crippen molar-refractivity contribution < 1.29 is 9.84 Å². The maximum Gasteiger partial charge on any atom is 0.0639 e. The summed E-state index contributed by atoms with van der Waals surface area (Å²) in [5.41, 5.74) is 5.56. The van der Waals surface area contributed by atoms with Crippen LogP contribution >= 0.6 is 0 Å². The lowest BCUT2D eigenvalue weighted by Crippen LogP contribution is -2.30. The van der Waals surface area contributed by atoms with E-state index in [0.29, 0.717) is 6.61 Å². The Hall–Kier alpha value is -0.120. The van der Waals surface area contributed by atoms with E-state index < -0.39 is 0 Å². The Morgan fingerprint density at radius 1 is 0.727 bits per heavy atom. The second-order valence-corrected chi connectivity index (χ2v) is 6.61. The maximum absolute atomic E-state index is 8.76. The summed E-state index contributed by atoms with van der Waals surface area (Å²) in [5.74, 6) is 0. The SMILES string of the molecule is CCCCCCCCCCCCCCCCOC[C@@H](N)CO. The second-order valence-electron chi connectivity index (χ2n) is 6.61. The molecule has 0 radical (unpaired) electrons. The van der Waals surface area contributed by atoms with Crippen molar-refractivity contribution in [1.29, 1.82) is 0 Å². The van der Waals surface area contributed by atoms with Crippen LogP contribution in [0.3, 0.4) is 0 Å². The summed E-state index contributed by atoms with van der Waals surface area (Å²) < 4.78 is 5.41.